The highest BCUT2D eigenvalue weighted by atomic mass is 16.5. The van der Waals surface area contributed by atoms with Crippen molar-refractivity contribution in [2.45, 2.75) is 6.92 Å². The van der Waals surface area contributed by atoms with Crippen molar-refractivity contribution >= 4 is 5.97 Å². The van der Waals surface area contributed by atoms with Gasteiger partial charge in [-0.15, -0.1) is 0 Å². The minimum Gasteiger partial charge on any atom is -0.462 e. The predicted octanol–water partition coefficient (Wildman–Crippen LogP) is 1.07. The lowest BCUT2D eigenvalue weighted by Crippen LogP contribution is -2.06. The first-order valence-electron chi connectivity index (χ1n) is 4.24. The molecule has 0 atom stereocenters. The van der Waals surface area contributed by atoms with Crippen LogP contribution in [0.5, 0.6) is 0 Å². The third-order valence-corrected chi connectivity index (χ3v) is 1.26. The first-order chi connectivity index (χ1) is 6.61. The summed E-state index contributed by atoms with van der Waals surface area (Å²) in [6.45, 7) is 1.97. The monoisotopic (exact) mass is 194 g/mol. The molecule has 0 saturated heterocycles. The summed E-state index contributed by atoms with van der Waals surface area (Å²) >= 11 is 0. The van der Waals surface area contributed by atoms with E-state index in [4.69, 9.17) is 5.26 Å². The van der Waals surface area contributed by atoms with Gasteiger partial charge in [0.2, 0.25) is 0 Å². The summed E-state index contributed by atoms with van der Waals surface area (Å²) in [4.78, 5) is 12.9. The zero-order valence-electron chi connectivity index (χ0n) is 8.65. The molecular formula is C10H14N2O2. The molecule has 0 amide bonds. The van der Waals surface area contributed by atoms with E-state index in [1.807, 2.05) is 14.1 Å². The van der Waals surface area contributed by atoms with Gasteiger partial charge in [0.25, 0.3) is 0 Å². The van der Waals surface area contributed by atoms with Crippen molar-refractivity contribution < 1.29 is 9.53 Å². The van der Waals surface area contributed by atoms with Crippen molar-refractivity contribution in [3.05, 3.63) is 23.9 Å². The molecule has 0 fully saturated rings. The molecular weight excluding hydrogens is 180 g/mol. The van der Waals surface area contributed by atoms with Gasteiger partial charge in [0.1, 0.15) is 11.6 Å². The number of carbonyl (C=O) groups excluding carboxylic acids is 1. The van der Waals surface area contributed by atoms with E-state index in [2.05, 4.69) is 4.74 Å². The number of hydrogen-bond acceptors (Lipinski definition) is 4. The van der Waals surface area contributed by atoms with Crippen LogP contribution in [0.2, 0.25) is 0 Å². The van der Waals surface area contributed by atoms with Gasteiger partial charge >= 0.3 is 5.97 Å². The van der Waals surface area contributed by atoms with Crippen molar-refractivity contribution in [1.29, 1.82) is 5.26 Å². The van der Waals surface area contributed by atoms with Crippen molar-refractivity contribution in [2.75, 3.05) is 20.7 Å². The van der Waals surface area contributed by atoms with Crippen LogP contribution in [0.3, 0.4) is 0 Å². The highest BCUT2D eigenvalue weighted by Crippen LogP contribution is 1.97. The van der Waals surface area contributed by atoms with Gasteiger partial charge in [-0.25, -0.2) is 4.79 Å². The third kappa shape index (κ3) is 4.99. The Labute approximate surface area is 84.1 Å². The maximum Gasteiger partial charge on any atom is 0.348 e. The summed E-state index contributed by atoms with van der Waals surface area (Å²) < 4.78 is 4.68. The molecule has 0 aromatic carbocycles. The Hall–Kier alpha value is -1.76. The molecule has 0 aromatic rings. The number of ether oxygens (including phenoxy) is 1. The highest BCUT2D eigenvalue weighted by molar-refractivity contribution is 5.93. The fourth-order valence-electron chi connectivity index (χ4n) is 0.671. The van der Waals surface area contributed by atoms with E-state index in [1.165, 1.54) is 6.08 Å². The molecule has 0 aliphatic heterocycles. The molecule has 0 unspecified atom stereocenters. The molecule has 0 radical (unpaired) electrons. The second-order valence-corrected chi connectivity index (χ2v) is 2.72. The van der Waals surface area contributed by atoms with Gasteiger partial charge in [-0.1, -0.05) is 0 Å². The van der Waals surface area contributed by atoms with Gasteiger partial charge in [0.05, 0.1) is 6.61 Å². The number of nitrogens with zero attached hydrogens (tertiary/aromatic N) is 2. The van der Waals surface area contributed by atoms with Gasteiger partial charge in [-0.05, 0) is 25.3 Å². The van der Waals surface area contributed by atoms with Crippen LogP contribution in [0, 0.1) is 11.3 Å². The third-order valence-electron chi connectivity index (χ3n) is 1.26. The summed E-state index contributed by atoms with van der Waals surface area (Å²) in [7, 11) is 3.70. The first-order valence-corrected chi connectivity index (χ1v) is 4.24. The van der Waals surface area contributed by atoms with Gasteiger partial charge in [0.15, 0.2) is 0 Å². The Morgan fingerprint density at radius 2 is 2.21 bits per heavy atom. The molecule has 14 heavy (non-hydrogen) atoms. The number of hydrogen-bond donors (Lipinski definition) is 0. The van der Waals surface area contributed by atoms with Gasteiger partial charge in [0, 0.05) is 14.1 Å². The second-order valence-electron chi connectivity index (χ2n) is 2.72. The lowest BCUT2D eigenvalue weighted by atomic mass is 10.3. The molecule has 4 nitrogen and oxygen atoms in total. The number of carbonyl (C=O) groups is 1. The summed E-state index contributed by atoms with van der Waals surface area (Å²) in [5.41, 5.74) is 0.00458. The van der Waals surface area contributed by atoms with Crippen LogP contribution in [-0.2, 0) is 9.53 Å². The number of rotatable bonds is 4. The topological polar surface area (TPSA) is 53.3 Å². The van der Waals surface area contributed by atoms with Crippen LogP contribution >= 0.6 is 0 Å². The second kappa shape index (κ2) is 6.72. The van der Waals surface area contributed by atoms with E-state index >= 15 is 0 Å². The van der Waals surface area contributed by atoms with Crippen molar-refractivity contribution in [3.63, 3.8) is 0 Å². The Bertz CT molecular complexity index is 285. The van der Waals surface area contributed by atoms with Crippen molar-refractivity contribution in [2.24, 2.45) is 0 Å². The summed E-state index contributed by atoms with van der Waals surface area (Å²) in [5.74, 6) is -0.585. The summed E-state index contributed by atoms with van der Waals surface area (Å²) in [6, 6.07) is 1.78. The minimum atomic E-state index is -0.585. The van der Waals surface area contributed by atoms with E-state index in [1.54, 1.807) is 30.2 Å². The van der Waals surface area contributed by atoms with Crippen LogP contribution < -0.4 is 0 Å². The van der Waals surface area contributed by atoms with Crippen molar-refractivity contribution in [1.82, 2.24) is 4.90 Å². The Morgan fingerprint density at radius 1 is 1.57 bits per heavy atom. The average molecular weight is 194 g/mol. The van der Waals surface area contributed by atoms with Gasteiger partial charge in [-0.2, -0.15) is 5.26 Å². The van der Waals surface area contributed by atoms with Crippen LogP contribution in [0.1, 0.15) is 6.92 Å². The minimum absolute atomic E-state index is 0.00458. The average Bonchev–Trinajstić information content (AvgIpc) is 2.12. The van der Waals surface area contributed by atoms with Crippen LogP contribution in [-0.4, -0.2) is 31.6 Å². The fourth-order valence-corrected chi connectivity index (χ4v) is 0.671. The molecule has 0 spiro atoms. The molecule has 0 saturated carbocycles. The lowest BCUT2D eigenvalue weighted by molar-refractivity contribution is -0.138. The molecule has 0 N–H and O–H groups in total. The summed E-state index contributed by atoms with van der Waals surface area (Å²) in [5, 5.41) is 8.62. The maximum absolute atomic E-state index is 11.1. The van der Waals surface area contributed by atoms with E-state index in [0.29, 0.717) is 0 Å². The quantitative estimate of drug-likeness (QED) is 0.291. The van der Waals surface area contributed by atoms with Crippen molar-refractivity contribution in [3.8, 4) is 6.07 Å². The highest BCUT2D eigenvalue weighted by Gasteiger charge is 2.07. The molecule has 0 aromatic heterocycles. The van der Waals surface area contributed by atoms with E-state index in [-0.39, 0.29) is 12.2 Å². The number of esters is 1. The first kappa shape index (κ1) is 12.2. The molecule has 0 bridgehead atoms. The zero-order valence-corrected chi connectivity index (χ0v) is 8.65. The molecule has 0 rings (SSSR count). The van der Waals surface area contributed by atoms with Gasteiger partial charge in [-0.3, -0.25) is 0 Å². The molecule has 0 aliphatic rings. The predicted molar refractivity (Wildman–Crippen MR) is 53.2 cm³/mol. The molecule has 76 valence electrons. The summed E-state index contributed by atoms with van der Waals surface area (Å²) in [6.07, 6.45) is 4.78. The SMILES string of the molecule is CCOC(=O)/C(C#N)=C\C=C\N(C)C. The van der Waals surface area contributed by atoms with Gasteiger partial charge < -0.3 is 9.64 Å². The van der Waals surface area contributed by atoms with Crippen LogP contribution in [0.4, 0.5) is 0 Å². The zero-order chi connectivity index (χ0) is 11.0. The largest absolute Gasteiger partial charge is 0.462 e. The van der Waals surface area contributed by atoms with Crippen LogP contribution in [0.25, 0.3) is 0 Å². The Morgan fingerprint density at radius 3 is 2.64 bits per heavy atom. The van der Waals surface area contributed by atoms with E-state index in [9.17, 15) is 4.79 Å². The fraction of sp³-hybridized carbons (Fsp3) is 0.400. The smallest absolute Gasteiger partial charge is 0.348 e. The van der Waals surface area contributed by atoms with E-state index in [0.717, 1.165) is 0 Å². The van der Waals surface area contributed by atoms with Crippen LogP contribution in [0.15, 0.2) is 23.9 Å². The Balaban J connectivity index is 4.42. The Kier molecular flexibility index (Phi) is 5.88. The number of allylic oxidation sites excluding steroid dienone is 2. The molecule has 4 heteroatoms. The normalized spacial score (nSPS) is 11.1. The lowest BCUT2D eigenvalue weighted by Gasteiger charge is -2.01. The van der Waals surface area contributed by atoms with E-state index < -0.39 is 5.97 Å². The number of nitriles is 1. The maximum atomic E-state index is 11.1. The molecule has 0 heterocycles. The standard InChI is InChI=1S/C10H14N2O2/c1-4-14-10(13)9(8-11)6-5-7-12(2)3/h5-7H,4H2,1-3H3/b7-5+,9-6-. The molecule has 0 aliphatic carbocycles.